The van der Waals surface area contributed by atoms with Gasteiger partial charge in [-0.2, -0.15) is 0 Å². The Hall–Kier alpha value is -4.78. The minimum absolute atomic E-state index is 0.0391. The molecule has 3 aliphatic heterocycles. The summed E-state index contributed by atoms with van der Waals surface area (Å²) in [5, 5.41) is 0. The summed E-state index contributed by atoms with van der Waals surface area (Å²) in [6, 6.07) is 18.6. The van der Waals surface area contributed by atoms with Crippen molar-refractivity contribution in [2.75, 3.05) is 51.6 Å². The number of ether oxygens (including phenoxy) is 6. The van der Waals surface area contributed by atoms with Crippen LogP contribution in [0.4, 0.5) is 5.82 Å². The van der Waals surface area contributed by atoms with E-state index >= 15 is 0 Å². The number of rotatable bonds is 18. The molecule has 8 rings (SSSR count). The van der Waals surface area contributed by atoms with E-state index in [9.17, 15) is 23.7 Å². The first kappa shape index (κ1) is 49.1. The third-order valence-corrected chi connectivity index (χ3v) is 15.5. The zero-order valence-corrected chi connectivity index (χ0v) is 39.9. The number of hydrogen-bond donors (Lipinski definition) is 3. The number of anilines is 1. The van der Waals surface area contributed by atoms with Crippen molar-refractivity contribution in [3.05, 3.63) is 94.8 Å². The predicted molar refractivity (Wildman–Crippen MR) is 244 cm³/mol. The first-order chi connectivity index (χ1) is 31.5. The third kappa shape index (κ3) is 11.0. The number of esters is 1. The lowest BCUT2D eigenvalue weighted by atomic mass is 9.95. The molecule has 5 heterocycles. The fraction of sp³-hybridized carbons (Fsp3) is 0.467. The highest BCUT2D eigenvalue weighted by atomic mass is 31.2. The van der Waals surface area contributed by atoms with Crippen molar-refractivity contribution in [2.24, 2.45) is 0 Å². The highest BCUT2D eigenvalue weighted by Gasteiger charge is 2.56. The SMILES string of the molecule is CCN(CC)CC.COc1c(C)c2c(c(OCc3ccccc3)c1CCOP(=O)(O)CP(=O)(O)OC[C@H]1O[C@@H](n3cnc4c(N)nc(-c5ccccc5)nc43)[C@@H]3OC(C)(C)O[C@@H]31)C(=O)OC2. The lowest BCUT2D eigenvalue weighted by Crippen LogP contribution is -2.32. The molecular weight excluding hydrogens is 894 g/mol. The smallest absolute Gasteiger partial charge is 0.342 e. The van der Waals surface area contributed by atoms with Gasteiger partial charge in [-0.15, -0.1) is 0 Å². The molecule has 19 nitrogen and oxygen atoms in total. The van der Waals surface area contributed by atoms with Gasteiger partial charge in [0.25, 0.3) is 0 Å². The highest BCUT2D eigenvalue weighted by Crippen LogP contribution is 2.59. The molecule has 0 aliphatic carbocycles. The Labute approximate surface area is 383 Å². The molecular formula is C45H58N6O13P2. The highest BCUT2D eigenvalue weighted by molar-refractivity contribution is 7.70. The number of nitrogen functional groups attached to an aromatic ring is 1. The number of imidazole rings is 1. The molecule has 3 aromatic carbocycles. The molecule has 6 atom stereocenters. The van der Waals surface area contributed by atoms with Crippen molar-refractivity contribution >= 4 is 38.1 Å². The summed E-state index contributed by atoms with van der Waals surface area (Å²) < 4.78 is 75.0. The van der Waals surface area contributed by atoms with E-state index < -0.39 is 70.6 Å². The fourth-order valence-corrected chi connectivity index (χ4v) is 11.5. The Kier molecular flexibility index (Phi) is 15.3. The van der Waals surface area contributed by atoms with Crippen molar-refractivity contribution in [1.29, 1.82) is 0 Å². The molecule has 0 radical (unpaired) electrons. The quantitative estimate of drug-likeness (QED) is 0.0591. The number of nitrogens with zero attached hydrogens (tertiary/aromatic N) is 5. The first-order valence-corrected chi connectivity index (χ1v) is 25.3. The van der Waals surface area contributed by atoms with E-state index in [2.05, 4.69) is 35.6 Å². The molecule has 5 aromatic rings. The second kappa shape index (κ2) is 20.6. The Bertz CT molecular complexity index is 2590. The molecule has 3 aliphatic rings. The standard InChI is InChI=1S/C39H43N5O13P2.C6H15N/c1-22-26-18-52-38(45)28(26)31(51-17-23-11-7-5-8-12-23)25(30(22)50-4)15-16-53-58(46,47)21-59(48,49)54-19-27-32-33(57-39(2,3)56-32)37(55-27)44-20-41-29-34(40)42-35(43-36(29)44)24-13-9-6-10-14-24;1-4-7(5-2)6-3/h5-14,20,27,32-33,37H,15-19,21H2,1-4H3,(H,46,47)(H,48,49)(H2,40,42,43);4-6H2,1-3H3/t27-,32-,33-,37-;/m1./s1. The number of carbonyl (C=O) groups is 1. The van der Waals surface area contributed by atoms with Gasteiger partial charge < -0.3 is 57.9 Å². The topological polar surface area (TPSA) is 238 Å². The summed E-state index contributed by atoms with van der Waals surface area (Å²) in [6.45, 7) is 14.6. The summed E-state index contributed by atoms with van der Waals surface area (Å²) in [5.41, 5.74) is 10.5. The normalized spacial score (nSPS) is 21.4. The Morgan fingerprint density at radius 1 is 0.924 bits per heavy atom. The van der Waals surface area contributed by atoms with Crippen molar-refractivity contribution in [3.8, 4) is 22.9 Å². The molecule has 356 valence electrons. The van der Waals surface area contributed by atoms with Gasteiger partial charge in [-0.25, -0.2) is 19.7 Å². The van der Waals surface area contributed by atoms with Gasteiger partial charge in [0.05, 0.1) is 26.7 Å². The molecule has 0 amide bonds. The van der Waals surface area contributed by atoms with Crippen molar-refractivity contribution < 1.29 is 61.2 Å². The van der Waals surface area contributed by atoms with Crippen LogP contribution >= 0.6 is 15.2 Å². The van der Waals surface area contributed by atoms with Gasteiger partial charge in [0.1, 0.15) is 54.1 Å². The van der Waals surface area contributed by atoms with E-state index in [1.165, 1.54) is 33.1 Å². The average Bonchev–Trinajstić information content (AvgIpc) is 4.05. The minimum atomic E-state index is -4.79. The number of nitrogens with two attached hydrogens (primary N) is 1. The van der Waals surface area contributed by atoms with Crippen LogP contribution in [-0.2, 0) is 56.8 Å². The van der Waals surface area contributed by atoms with Crippen LogP contribution in [-0.4, -0.2) is 110 Å². The number of benzene rings is 3. The molecule has 0 bridgehead atoms. The fourth-order valence-electron chi connectivity index (χ4n) is 8.26. The van der Waals surface area contributed by atoms with E-state index in [4.69, 9.17) is 48.2 Å². The first-order valence-electron chi connectivity index (χ1n) is 21.8. The Balaban J connectivity index is 0.000000858. The number of carbonyl (C=O) groups excluding carboxylic acids is 1. The van der Waals surface area contributed by atoms with Crippen molar-refractivity contribution in [1.82, 2.24) is 24.4 Å². The second-order valence-corrected chi connectivity index (χ2v) is 20.5. The van der Waals surface area contributed by atoms with Crippen LogP contribution in [0.5, 0.6) is 11.5 Å². The van der Waals surface area contributed by atoms with Crippen molar-refractivity contribution in [3.63, 3.8) is 0 Å². The maximum absolute atomic E-state index is 13.4. The lowest BCUT2D eigenvalue weighted by molar-refractivity contribution is -0.199. The van der Waals surface area contributed by atoms with Gasteiger partial charge in [0.15, 0.2) is 35.2 Å². The molecule has 0 spiro atoms. The van der Waals surface area contributed by atoms with Gasteiger partial charge in [-0.3, -0.25) is 13.7 Å². The van der Waals surface area contributed by atoms with E-state index in [1.807, 2.05) is 60.7 Å². The summed E-state index contributed by atoms with van der Waals surface area (Å²) >= 11 is 0. The van der Waals surface area contributed by atoms with Gasteiger partial charge in [0, 0.05) is 23.1 Å². The van der Waals surface area contributed by atoms with Gasteiger partial charge >= 0.3 is 21.2 Å². The summed E-state index contributed by atoms with van der Waals surface area (Å²) in [5.74, 6) is -1.73. The second-order valence-electron chi connectivity index (χ2n) is 16.3. The molecule has 2 unspecified atom stereocenters. The number of cyclic esters (lactones) is 1. The largest absolute Gasteiger partial charge is 0.496 e. The molecule has 21 heteroatoms. The van der Waals surface area contributed by atoms with Crippen LogP contribution in [0.25, 0.3) is 22.6 Å². The van der Waals surface area contributed by atoms with E-state index in [0.29, 0.717) is 39.4 Å². The monoisotopic (exact) mass is 952 g/mol. The Morgan fingerprint density at radius 3 is 2.23 bits per heavy atom. The van der Waals surface area contributed by atoms with Crippen LogP contribution in [0.15, 0.2) is 67.0 Å². The van der Waals surface area contributed by atoms with Crippen LogP contribution < -0.4 is 15.2 Å². The third-order valence-electron chi connectivity index (χ3n) is 11.5. The summed E-state index contributed by atoms with van der Waals surface area (Å²) in [7, 11) is -8.09. The van der Waals surface area contributed by atoms with Crippen molar-refractivity contribution in [2.45, 2.75) is 91.5 Å². The summed E-state index contributed by atoms with van der Waals surface area (Å²) in [4.78, 5) is 50.5. The van der Waals surface area contributed by atoms with E-state index in [-0.39, 0.29) is 36.8 Å². The van der Waals surface area contributed by atoms with Crippen LogP contribution in [0.3, 0.4) is 0 Å². The number of methoxy groups -OCH3 is 1. The van der Waals surface area contributed by atoms with E-state index in [1.54, 1.807) is 25.3 Å². The molecule has 2 saturated heterocycles. The van der Waals surface area contributed by atoms with Crippen LogP contribution in [0.1, 0.15) is 73.5 Å². The number of fused-ring (bicyclic) bond motifs is 3. The maximum Gasteiger partial charge on any atom is 0.342 e. The lowest BCUT2D eigenvalue weighted by Gasteiger charge is -2.25. The zero-order chi connectivity index (χ0) is 47.4. The predicted octanol–water partition coefficient (Wildman–Crippen LogP) is 7.01. The van der Waals surface area contributed by atoms with Crippen LogP contribution in [0.2, 0.25) is 0 Å². The molecule has 4 N–H and O–H groups in total. The molecule has 2 aromatic heterocycles. The van der Waals surface area contributed by atoms with Gasteiger partial charge in [-0.05, 0) is 51.5 Å². The molecule has 66 heavy (non-hydrogen) atoms. The van der Waals surface area contributed by atoms with E-state index in [0.717, 1.165) is 11.1 Å². The zero-order valence-electron chi connectivity index (χ0n) is 38.1. The molecule has 2 fully saturated rings. The molecule has 0 saturated carbocycles. The van der Waals surface area contributed by atoms with Gasteiger partial charge in [-0.1, -0.05) is 81.4 Å². The average molecular weight is 953 g/mol. The van der Waals surface area contributed by atoms with Crippen LogP contribution in [0, 0.1) is 6.92 Å². The number of hydrogen-bond acceptors (Lipinski definition) is 16. The summed E-state index contributed by atoms with van der Waals surface area (Å²) in [6.07, 6.45) is -1.93. The minimum Gasteiger partial charge on any atom is -0.496 e. The number of aromatic nitrogens is 4. The maximum atomic E-state index is 13.4. The van der Waals surface area contributed by atoms with Gasteiger partial charge in [0.2, 0.25) is 0 Å². The Morgan fingerprint density at radius 2 is 1.58 bits per heavy atom.